The molecule has 0 radical (unpaired) electrons. The highest BCUT2D eigenvalue weighted by Crippen LogP contribution is 2.25. The monoisotopic (exact) mass is 576 g/mol. The molecule has 1 aromatic rings. The van der Waals surface area contributed by atoms with Crippen molar-refractivity contribution in [2.75, 3.05) is 32.7 Å². The Labute approximate surface area is 234 Å². The van der Waals surface area contributed by atoms with E-state index < -0.39 is 85.8 Å². The molecule has 0 saturated carbocycles. The molecule has 6 N–H and O–H groups in total. The highest BCUT2D eigenvalue weighted by molar-refractivity contribution is 6.18. The second-order valence-electron chi connectivity index (χ2n) is 9.39. The molecule has 0 aromatic heterocycles. The molecule has 0 saturated heterocycles. The molecule has 222 valence electrons. The van der Waals surface area contributed by atoms with Gasteiger partial charge in [0.15, 0.2) is 5.66 Å². The summed E-state index contributed by atoms with van der Waals surface area (Å²) in [5.41, 5.74) is -2.23. The Morgan fingerprint density at radius 2 is 1.49 bits per heavy atom. The fourth-order valence-corrected chi connectivity index (χ4v) is 4.51. The molecular weight excluding hydrogens is 544 g/mol. The lowest BCUT2D eigenvalue weighted by atomic mass is 9.90. The molecule has 0 fully saturated rings. The van der Waals surface area contributed by atoms with Crippen molar-refractivity contribution in [2.24, 2.45) is 5.92 Å². The molecule has 2 unspecified atom stereocenters. The Morgan fingerprint density at radius 1 is 0.902 bits per heavy atom. The number of nitrogens with zero attached hydrogens (tertiary/aromatic N) is 2. The molecule has 2 atom stereocenters. The van der Waals surface area contributed by atoms with Crippen LogP contribution in [0.15, 0.2) is 42.0 Å². The van der Waals surface area contributed by atoms with Gasteiger partial charge in [0.25, 0.3) is 11.8 Å². The predicted octanol–water partition coefficient (Wildman–Crippen LogP) is -1.02. The molecule has 1 aliphatic rings. The summed E-state index contributed by atoms with van der Waals surface area (Å²) in [6, 6.07) is 7.98. The first-order valence-corrected chi connectivity index (χ1v) is 12.6. The van der Waals surface area contributed by atoms with E-state index in [1.165, 1.54) is 0 Å². The average molecular weight is 577 g/mol. The largest absolute Gasteiger partial charge is 0.480 e. The molecule has 1 aliphatic heterocycles. The number of rotatable bonds is 18. The van der Waals surface area contributed by atoms with Crippen molar-refractivity contribution in [1.29, 1.82) is 0 Å². The first-order valence-electron chi connectivity index (χ1n) is 12.6. The number of carbonyl (C=O) groups excluding carboxylic acids is 3. The highest BCUT2D eigenvalue weighted by Gasteiger charge is 2.48. The molecule has 15 heteroatoms. The van der Waals surface area contributed by atoms with Crippen LogP contribution in [0.5, 0.6) is 0 Å². The van der Waals surface area contributed by atoms with Crippen LogP contribution in [-0.2, 0) is 40.0 Å². The molecule has 41 heavy (non-hydrogen) atoms. The van der Waals surface area contributed by atoms with Crippen LogP contribution in [0.3, 0.4) is 0 Å². The second kappa shape index (κ2) is 14.7. The van der Waals surface area contributed by atoms with Crippen LogP contribution in [-0.4, -0.2) is 110 Å². The third-order valence-corrected chi connectivity index (χ3v) is 6.31. The van der Waals surface area contributed by atoms with Crippen LogP contribution in [0.1, 0.15) is 25.3 Å². The van der Waals surface area contributed by atoms with Gasteiger partial charge in [0, 0.05) is 31.2 Å². The van der Waals surface area contributed by atoms with Gasteiger partial charge in [0.1, 0.15) is 0 Å². The van der Waals surface area contributed by atoms with Gasteiger partial charge >= 0.3 is 23.9 Å². The molecular formula is C26H32N4O11. The number of imide groups is 1. The van der Waals surface area contributed by atoms with Crippen LogP contribution in [0.25, 0.3) is 0 Å². The van der Waals surface area contributed by atoms with E-state index in [9.17, 15) is 43.8 Å². The van der Waals surface area contributed by atoms with Gasteiger partial charge in [0.05, 0.1) is 25.6 Å². The van der Waals surface area contributed by atoms with E-state index in [2.05, 4.69) is 5.32 Å². The van der Waals surface area contributed by atoms with Gasteiger partial charge < -0.3 is 25.7 Å². The summed E-state index contributed by atoms with van der Waals surface area (Å²) in [5, 5.41) is 43.0. The lowest BCUT2D eigenvalue weighted by Crippen LogP contribution is -2.69. The maximum absolute atomic E-state index is 13.7. The van der Waals surface area contributed by atoms with Gasteiger partial charge in [0.2, 0.25) is 5.91 Å². The number of nitrogens with one attached hydrogen (secondary N) is 2. The molecule has 0 spiro atoms. The summed E-state index contributed by atoms with van der Waals surface area (Å²) in [4.78, 5) is 87.1. The second-order valence-corrected chi connectivity index (χ2v) is 9.39. The lowest BCUT2D eigenvalue weighted by molar-refractivity contribution is -0.162. The first-order chi connectivity index (χ1) is 19.3. The number of carboxylic acids is 4. The SMILES string of the molecule is CCCC(C(=O)NC(Cc1ccccc1)(C(=O)O)N(CCN(CC(=O)O)CC(=O)O)CC(=O)O)C1=CC(=O)NC1=O. The minimum absolute atomic E-state index is 0.0589. The average Bonchev–Trinajstić information content (AvgIpc) is 3.21. The third-order valence-electron chi connectivity index (χ3n) is 6.31. The number of carbonyl (C=O) groups is 7. The zero-order valence-electron chi connectivity index (χ0n) is 22.2. The third kappa shape index (κ3) is 9.22. The van der Waals surface area contributed by atoms with Crippen molar-refractivity contribution >= 4 is 41.6 Å². The van der Waals surface area contributed by atoms with Gasteiger partial charge in [-0.3, -0.25) is 43.9 Å². The Balaban J connectivity index is 2.59. The van der Waals surface area contributed by atoms with Crippen molar-refractivity contribution < 1.29 is 54.0 Å². The molecule has 2 rings (SSSR count). The van der Waals surface area contributed by atoms with E-state index >= 15 is 0 Å². The molecule has 1 heterocycles. The zero-order valence-corrected chi connectivity index (χ0v) is 22.2. The number of hydrogen-bond donors (Lipinski definition) is 6. The van der Waals surface area contributed by atoms with E-state index in [4.69, 9.17) is 10.2 Å². The number of carboxylic acid groups (broad SMARTS) is 4. The van der Waals surface area contributed by atoms with E-state index in [-0.39, 0.29) is 18.5 Å². The first kappa shape index (κ1) is 32.6. The fourth-order valence-electron chi connectivity index (χ4n) is 4.51. The van der Waals surface area contributed by atoms with Crippen molar-refractivity contribution in [3.05, 3.63) is 47.5 Å². The quantitative estimate of drug-likeness (QED) is 0.0909. The van der Waals surface area contributed by atoms with Crippen LogP contribution >= 0.6 is 0 Å². The van der Waals surface area contributed by atoms with Gasteiger partial charge in [-0.25, -0.2) is 4.79 Å². The number of amides is 3. The van der Waals surface area contributed by atoms with Gasteiger partial charge in [-0.1, -0.05) is 43.7 Å². The Morgan fingerprint density at radius 3 is 1.95 bits per heavy atom. The fraction of sp³-hybridized carbons (Fsp3) is 0.423. The predicted molar refractivity (Wildman–Crippen MR) is 139 cm³/mol. The zero-order chi connectivity index (χ0) is 30.7. The molecule has 0 aliphatic carbocycles. The van der Waals surface area contributed by atoms with Gasteiger partial charge in [-0.2, -0.15) is 0 Å². The summed E-state index contributed by atoms with van der Waals surface area (Å²) in [5.74, 6) is -9.61. The van der Waals surface area contributed by atoms with Crippen molar-refractivity contribution in [3.63, 3.8) is 0 Å². The maximum Gasteiger partial charge on any atom is 0.345 e. The summed E-state index contributed by atoms with van der Waals surface area (Å²) in [7, 11) is 0. The van der Waals surface area contributed by atoms with Gasteiger partial charge in [-0.15, -0.1) is 0 Å². The Bertz CT molecular complexity index is 1200. The van der Waals surface area contributed by atoms with E-state index in [0.717, 1.165) is 15.9 Å². The summed E-state index contributed by atoms with van der Waals surface area (Å²) in [6.45, 7) is -1.55. The smallest absolute Gasteiger partial charge is 0.345 e. The van der Waals surface area contributed by atoms with Gasteiger partial charge in [-0.05, 0) is 12.0 Å². The van der Waals surface area contributed by atoms with Crippen molar-refractivity contribution in [2.45, 2.75) is 31.8 Å². The Kier molecular flexibility index (Phi) is 11.7. The molecule has 3 amide bonds. The summed E-state index contributed by atoms with van der Waals surface area (Å²) in [6.07, 6.45) is 0.923. The maximum atomic E-state index is 13.7. The number of aliphatic carboxylic acids is 4. The van der Waals surface area contributed by atoms with Crippen LogP contribution in [0, 0.1) is 5.92 Å². The highest BCUT2D eigenvalue weighted by atomic mass is 16.4. The number of hydrogen-bond acceptors (Lipinski definition) is 9. The molecule has 0 bridgehead atoms. The topological polar surface area (TPSA) is 231 Å². The number of benzene rings is 1. The van der Waals surface area contributed by atoms with Crippen LogP contribution in [0.2, 0.25) is 0 Å². The summed E-state index contributed by atoms with van der Waals surface area (Å²) < 4.78 is 0. The van der Waals surface area contributed by atoms with Crippen molar-refractivity contribution in [1.82, 2.24) is 20.4 Å². The van der Waals surface area contributed by atoms with Crippen LogP contribution in [0.4, 0.5) is 0 Å². The standard InChI is InChI=1S/C26H32N4O11/c1-2-6-17(18-11-19(31)27-23(18)38)24(39)28-26(25(40)41,12-16-7-4-3-5-8-16)30(15-22(36)37)10-9-29(13-20(32)33)14-21(34)35/h3-5,7-8,11,17H,2,6,9-10,12-15H2,1H3,(H,28,39)(H,32,33)(H,34,35)(H,36,37)(H,40,41)(H,27,31,38). The van der Waals surface area contributed by atoms with E-state index in [1.807, 2.05) is 5.32 Å². The molecule has 15 nitrogen and oxygen atoms in total. The lowest BCUT2D eigenvalue weighted by Gasteiger charge is -2.42. The van der Waals surface area contributed by atoms with Crippen molar-refractivity contribution in [3.8, 4) is 0 Å². The van der Waals surface area contributed by atoms with E-state index in [0.29, 0.717) is 12.0 Å². The normalized spacial score (nSPS) is 15.1. The minimum atomic E-state index is -2.44. The molecule has 1 aromatic carbocycles. The van der Waals surface area contributed by atoms with E-state index in [1.54, 1.807) is 37.3 Å². The minimum Gasteiger partial charge on any atom is -0.480 e. The van der Waals surface area contributed by atoms with Crippen LogP contribution < -0.4 is 10.6 Å². The Hall–Kier alpha value is -4.63. The summed E-state index contributed by atoms with van der Waals surface area (Å²) >= 11 is 0.